The van der Waals surface area contributed by atoms with Crippen LogP contribution in [0, 0.1) is 13.8 Å². The first kappa shape index (κ1) is 41.4. The standard InChI is InChI=1S/C64H54BN3O/c1-39-32-41(46-26-19-27-49-48-25-16-18-29-59(48)69-62(46)49)33-40(2)61(39)68-54-31-30-42(63(3,4)5)34-51(54)65-52-37-50-47-24-15-17-28-53(47)66(44-20-11-9-12-21-44)55(50)38-56(52)67(45-22-13-10-14-23-45)57-35-43(64(6,7)8)36-58(68)60(57)65/h9-38H,1-8H3. The Labute approximate surface area is 405 Å². The predicted molar refractivity (Wildman–Crippen MR) is 294 cm³/mol. The van der Waals surface area contributed by atoms with Crippen molar-refractivity contribution in [1.29, 1.82) is 0 Å². The van der Waals surface area contributed by atoms with Crippen LogP contribution in [-0.4, -0.2) is 11.3 Å². The SMILES string of the molecule is Cc1cc(-c2cccc3c2oc2ccccc23)cc(C)c1N1c2ccc(C(C)(C)C)cc2B2c3cc4c5ccccc5n(-c5ccccc5)c4cc3N(c3ccccc3)c3cc(C(C)(C)C)cc1c32. The van der Waals surface area contributed by atoms with Crippen molar-refractivity contribution < 1.29 is 4.42 Å². The second-order valence-electron chi connectivity index (χ2n) is 21.5. The number of hydrogen-bond acceptors (Lipinski definition) is 3. The minimum absolute atomic E-state index is 0.0404. The molecule has 5 heteroatoms. The van der Waals surface area contributed by atoms with E-state index in [-0.39, 0.29) is 17.5 Å². The third-order valence-corrected chi connectivity index (χ3v) is 15.0. The van der Waals surface area contributed by atoms with Gasteiger partial charge in [0.1, 0.15) is 11.2 Å². The van der Waals surface area contributed by atoms with Gasteiger partial charge in [-0.25, -0.2) is 0 Å². The molecular formula is C64H54BN3O. The zero-order valence-corrected chi connectivity index (χ0v) is 40.6. The molecule has 0 N–H and O–H groups in total. The third-order valence-electron chi connectivity index (χ3n) is 15.0. The largest absolute Gasteiger partial charge is 0.455 e. The summed E-state index contributed by atoms with van der Waals surface area (Å²) in [6, 6.07) is 67.9. The van der Waals surface area contributed by atoms with Crippen LogP contribution in [0.5, 0.6) is 0 Å². The first-order valence-corrected chi connectivity index (χ1v) is 24.5. The summed E-state index contributed by atoms with van der Waals surface area (Å²) in [6.45, 7) is 18.6. The van der Waals surface area contributed by atoms with Crippen LogP contribution >= 0.6 is 0 Å². The Morgan fingerprint density at radius 2 is 1.04 bits per heavy atom. The molecule has 0 saturated carbocycles. The van der Waals surface area contributed by atoms with Gasteiger partial charge in [0.15, 0.2) is 0 Å². The number of rotatable bonds is 4. The molecule has 334 valence electrons. The van der Waals surface area contributed by atoms with Gasteiger partial charge in [-0.05, 0) is 142 Å². The minimum Gasteiger partial charge on any atom is -0.455 e. The summed E-state index contributed by atoms with van der Waals surface area (Å²) in [4.78, 5) is 5.19. The molecule has 0 radical (unpaired) electrons. The van der Waals surface area contributed by atoms with Crippen LogP contribution in [0.25, 0.3) is 60.6 Å². The quantitative estimate of drug-likeness (QED) is 0.165. The van der Waals surface area contributed by atoms with Crippen molar-refractivity contribution in [2.24, 2.45) is 0 Å². The van der Waals surface area contributed by atoms with E-state index in [0.29, 0.717) is 0 Å². The molecule has 9 aromatic carbocycles. The van der Waals surface area contributed by atoms with Crippen LogP contribution in [0.4, 0.5) is 34.1 Å². The molecule has 11 aromatic rings. The maximum Gasteiger partial charge on any atom is 0.252 e. The number of para-hydroxylation sites is 5. The molecule has 0 amide bonds. The molecule has 0 atom stereocenters. The highest BCUT2D eigenvalue weighted by Gasteiger charge is 2.45. The number of anilines is 6. The zero-order chi connectivity index (χ0) is 47.1. The van der Waals surface area contributed by atoms with Crippen molar-refractivity contribution in [2.45, 2.75) is 66.2 Å². The molecule has 0 spiro atoms. The molecule has 13 rings (SSSR count). The lowest BCUT2D eigenvalue weighted by Crippen LogP contribution is -2.61. The number of fused-ring (bicyclic) bond motifs is 10. The average Bonchev–Trinajstić information content (AvgIpc) is 3.89. The van der Waals surface area contributed by atoms with Crippen molar-refractivity contribution in [1.82, 2.24) is 4.57 Å². The highest BCUT2D eigenvalue weighted by Crippen LogP contribution is 2.50. The van der Waals surface area contributed by atoms with Crippen molar-refractivity contribution in [2.75, 3.05) is 9.80 Å². The van der Waals surface area contributed by atoms with E-state index in [1.807, 2.05) is 0 Å². The van der Waals surface area contributed by atoms with Crippen molar-refractivity contribution >= 4 is 101 Å². The van der Waals surface area contributed by atoms with E-state index in [0.717, 1.165) is 44.4 Å². The first-order chi connectivity index (χ1) is 33.3. The minimum atomic E-state index is -0.144. The fourth-order valence-corrected chi connectivity index (χ4v) is 11.8. The molecule has 2 aliphatic rings. The monoisotopic (exact) mass is 891 g/mol. The Morgan fingerprint density at radius 1 is 0.435 bits per heavy atom. The van der Waals surface area contributed by atoms with Crippen LogP contribution in [-0.2, 0) is 10.8 Å². The fraction of sp³-hybridized carbons (Fsp3) is 0.156. The number of nitrogens with zero attached hydrogens (tertiary/aromatic N) is 3. The molecular weight excluding hydrogens is 838 g/mol. The Morgan fingerprint density at radius 3 is 1.75 bits per heavy atom. The number of hydrogen-bond donors (Lipinski definition) is 0. The van der Waals surface area contributed by atoms with E-state index in [1.165, 1.54) is 88.9 Å². The van der Waals surface area contributed by atoms with Gasteiger partial charge in [-0.15, -0.1) is 0 Å². The Hall–Kier alpha value is -7.76. The first-order valence-electron chi connectivity index (χ1n) is 24.5. The van der Waals surface area contributed by atoms with E-state index >= 15 is 0 Å². The van der Waals surface area contributed by atoms with E-state index in [4.69, 9.17) is 4.42 Å². The summed E-state index contributed by atoms with van der Waals surface area (Å²) in [5, 5.41) is 4.80. The van der Waals surface area contributed by atoms with Crippen LogP contribution in [0.2, 0.25) is 0 Å². The topological polar surface area (TPSA) is 24.6 Å². The van der Waals surface area contributed by atoms with E-state index in [1.54, 1.807) is 0 Å². The lowest BCUT2D eigenvalue weighted by molar-refractivity contribution is 0.590. The molecule has 69 heavy (non-hydrogen) atoms. The maximum atomic E-state index is 6.62. The molecule has 2 aromatic heterocycles. The predicted octanol–water partition coefficient (Wildman–Crippen LogP) is 15.6. The lowest BCUT2D eigenvalue weighted by Gasteiger charge is -2.46. The average molecular weight is 892 g/mol. The molecule has 0 bridgehead atoms. The lowest BCUT2D eigenvalue weighted by atomic mass is 9.33. The molecule has 4 heterocycles. The van der Waals surface area contributed by atoms with Crippen molar-refractivity contribution in [3.63, 3.8) is 0 Å². The normalized spacial score (nSPS) is 13.4. The maximum absolute atomic E-state index is 6.62. The molecule has 2 aliphatic heterocycles. The van der Waals surface area contributed by atoms with Crippen LogP contribution in [0.3, 0.4) is 0 Å². The van der Waals surface area contributed by atoms with E-state index in [9.17, 15) is 0 Å². The van der Waals surface area contributed by atoms with Crippen molar-refractivity contribution in [3.05, 3.63) is 204 Å². The Balaban J connectivity index is 1.13. The highest BCUT2D eigenvalue weighted by atomic mass is 16.3. The van der Waals surface area contributed by atoms with Gasteiger partial charge in [0.05, 0.1) is 16.7 Å². The molecule has 0 aliphatic carbocycles. The smallest absolute Gasteiger partial charge is 0.252 e. The van der Waals surface area contributed by atoms with Gasteiger partial charge < -0.3 is 18.8 Å². The summed E-state index contributed by atoms with van der Waals surface area (Å²) >= 11 is 0. The molecule has 0 saturated heterocycles. The number of aryl methyl sites for hydroxylation is 2. The molecule has 4 nitrogen and oxygen atoms in total. The Kier molecular flexibility index (Phi) is 8.93. The number of furan rings is 1. The Bertz CT molecular complexity index is 3880. The number of aromatic nitrogens is 1. The second kappa shape index (κ2) is 14.9. The molecule has 0 unspecified atom stereocenters. The van der Waals surface area contributed by atoms with Crippen LogP contribution in [0.1, 0.15) is 63.8 Å². The summed E-state index contributed by atoms with van der Waals surface area (Å²) in [5.41, 5.74) is 23.7. The summed E-state index contributed by atoms with van der Waals surface area (Å²) in [6.07, 6.45) is 0. The van der Waals surface area contributed by atoms with Gasteiger partial charge >= 0.3 is 0 Å². The highest BCUT2D eigenvalue weighted by molar-refractivity contribution is 7.00. The van der Waals surface area contributed by atoms with Gasteiger partial charge in [0.2, 0.25) is 0 Å². The van der Waals surface area contributed by atoms with Gasteiger partial charge in [-0.3, -0.25) is 0 Å². The molecule has 0 fully saturated rings. The van der Waals surface area contributed by atoms with Gasteiger partial charge in [-0.1, -0.05) is 151 Å². The summed E-state index contributed by atoms with van der Waals surface area (Å²) in [5.74, 6) is 0. The van der Waals surface area contributed by atoms with E-state index in [2.05, 4.69) is 252 Å². The second-order valence-corrected chi connectivity index (χ2v) is 21.5. The summed E-state index contributed by atoms with van der Waals surface area (Å²) in [7, 11) is 0. The van der Waals surface area contributed by atoms with Crippen LogP contribution in [0.15, 0.2) is 186 Å². The number of benzene rings is 9. The van der Waals surface area contributed by atoms with Crippen LogP contribution < -0.4 is 26.2 Å². The van der Waals surface area contributed by atoms with Crippen molar-refractivity contribution in [3.8, 4) is 16.8 Å². The van der Waals surface area contributed by atoms with Gasteiger partial charge in [0, 0.05) is 61.2 Å². The van der Waals surface area contributed by atoms with Gasteiger partial charge in [-0.2, -0.15) is 0 Å². The van der Waals surface area contributed by atoms with Gasteiger partial charge in [0.25, 0.3) is 6.71 Å². The third kappa shape index (κ3) is 6.22. The fourth-order valence-electron chi connectivity index (χ4n) is 11.8. The van der Waals surface area contributed by atoms with E-state index < -0.39 is 0 Å². The summed E-state index contributed by atoms with van der Waals surface area (Å²) < 4.78 is 9.07. The zero-order valence-electron chi connectivity index (χ0n) is 40.6.